The highest BCUT2D eigenvalue weighted by Gasteiger charge is 2.27. The summed E-state index contributed by atoms with van der Waals surface area (Å²) >= 11 is 0. The molecule has 2 unspecified atom stereocenters. The van der Waals surface area contributed by atoms with Crippen molar-refractivity contribution in [3.05, 3.63) is 60.2 Å². The molecule has 0 heterocycles. The second-order valence-corrected chi connectivity index (χ2v) is 11.3. The van der Waals surface area contributed by atoms with E-state index in [1.165, 1.54) is 0 Å². The molecule has 25 heavy (non-hydrogen) atoms. The molecule has 0 aliphatic carbocycles. The Morgan fingerprint density at radius 3 is 2.12 bits per heavy atom. The lowest BCUT2D eigenvalue weighted by Gasteiger charge is -2.28. The normalized spacial score (nSPS) is 14.0. The average Bonchev–Trinajstić information content (AvgIpc) is 2.59. The van der Waals surface area contributed by atoms with Gasteiger partial charge in [-0.3, -0.25) is 0 Å². The van der Waals surface area contributed by atoms with Gasteiger partial charge in [-0.15, -0.1) is 0 Å². The Morgan fingerprint density at radius 2 is 1.52 bits per heavy atom. The smallest absolute Gasteiger partial charge is 0.183 e. The Balaban J connectivity index is 2.23. The Hall–Kier alpha value is -1.82. The summed E-state index contributed by atoms with van der Waals surface area (Å²) in [4.78, 5) is 0. The fraction of sp³-hybridized carbons (Fsp3) is 0.400. The summed E-state index contributed by atoms with van der Waals surface area (Å²) in [5, 5.41) is 10.7. The molecule has 1 N–H and O–H groups in total. The van der Waals surface area contributed by atoms with E-state index in [0.717, 1.165) is 5.56 Å². The summed E-state index contributed by atoms with van der Waals surface area (Å²) in [5.74, 6) is 1.29. The zero-order valence-corrected chi connectivity index (χ0v) is 16.4. The Bertz CT molecular complexity index is 640. The zero-order valence-electron chi connectivity index (χ0n) is 15.4. The summed E-state index contributed by atoms with van der Waals surface area (Å²) in [7, 11) is -1.72. The topological polar surface area (TPSA) is 47.9 Å². The van der Waals surface area contributed by atoms with E-state index in [4.69, 9.17) is 13.9 Å². The molecule has 0 fully saturated rings. The standard InChI is InChI=1S/C20H28O4Si/c1-5-22-18-13-9-10-14-19(18)24-20(16-11-7-6-8-12-16)17(21)15-23-25(2,3)4/h6-14,17,20-21H,5,15H2,1-4H3. The van der Waals surface area contributed by atoms with Crippen molar-refractivity contribution in [3.8, 4) is 11.5 Å². The van der Waals surface area contributed by atoms with Gasteiger partial charge in [0.15, 0.2) is 25.9 Å². The van der Waals surface area contributed by atoms with Gasteiger partial charge in [-0.1, -0.05) is 42.5 Å². The highest BCUT2D eigenvalue weighted by Crippen LogP contribution is 2.32. The molecule has 2 rings (SSSR count). The number of hydrogen-bond donors (Lipinski definition) is 1. The molecule has 136 valence electrons. The Morgan fingerprint density at radius 1 is 0.920 bits per heavy atom. The first-order chi connectivity index (χ1) is 11.9. The molecule has 0 saturated heterocycles. The third-order valence-corrected chi connectivity index (χ3v) is 4.60. The predicted octanol–water partition coefficient (Wildman–Crippen LogP) is 4.42. The number of para-hydroxylation sites is 2. The van der Waals surface area contributed by atoms with Gasteiger partial charge in [-0.2, -0.15) is 0 Å². The molecule has 0 aliphatic heterocycles. The van der Waals surface area contributed by atoms with Crippen LogP contribution in [0, 0.1) is 0 Å². The van der Waals surface area contributed by atoms with Crippen molar-refractivity contribution >= 4 is 8.32 Å². The first-order valence-electron chi connectivity index (χ1n) is 8.66. The third-order valence-electron chi connectivity index (χ3n) is 3.57. The van der Waals surface area contributed by atoms with Crippen LogP contribution in [-0.2, 0) is 4.43 Å². The molecule has 0 radical (unpaired) electrons. The fourth-order valence-corrected chi connectivity index (χ4v) is 3.06. The minimum absolute atomic E-state index is 0.242. The lowest BCUT2D eigenvalue weighted by molar-refractivity contribution is 0.00171. The fourth-order valence-electron chi connectivity index (χ4n) is 2.39. The van der Waals surface area contributed by atoms with Crippen LogP contribution in [0.1, 0.15) is 18.6 Å². The second kappa shape index (κ2) is 9.04. The van der Waals surface area contributed by atoms with Crippen molar-refractivity contribution in [2.75, 3.05) is 13.2 Å². The van der Waals surface area contributed by atoms with Crippen LogP contribution in [0.5, 0.6) is 11.5 Å². The van der Waals surface area contributed by atoms with Crippen LogP contribution in [0.3, 0.4) is 0 Å². The summed E-state index contributed by atoms with van der Waals surface area (Å²) in [6.45, 7) is 9.03. The summed E-state index contributed by atoms with van der Waals surface area (Å²) in [6.07, 6.45) is -1.30. The van der Waals surface area contributed by atoms with Crippen molar-refractivity contribution < 1.29 is 19.0 Å². The quantitative estimate of drug-likeness (QED) is 0.673. The van der Waals surface area contributed by atoms with Crippen LogP contribution in [0.4, 0.5) is 0 Å². The van der Waals surface area contributed by atoms with Crippen LogP contribution >= 0.6 is 0 Å². The van der Waals surface area contributed by atoms with Crippen LogP contribution in [0.25, 0.3) is 0 Å². The van der Waals surface area contributed by atoms with Gasteiger partial charge in [-0.25, -0.2) is 0 Å². The molecular formula is C20H28O4Si. The van der Waals surface area contributed by atoms with Crippen LogP contribution in [-0.4, -0.2) is 32.7 Å². The Labute approximate surface area is 151 Å². The minimum Gasteiger partial charge on any atom is -0.490 e. The van der Waals surface area contributed by atoms with Crippen LogP contribution in [0.15, 0.2) is 54.6 Å². The summed E-state index contributed by atoms with van der Waals surface area (Å²) in [6, 6.07) is 17.2. The van der Waals surface area contributed by atoms with Gasteiger partial charge in [0, 0.05) is 0 Å². The molecule has 2 aromatic rings. The number of ether oxygens (including phenoxy) is 2. The van der Waals surface area contributed by atoms with Gasteiger partial charge in [0.1, 0.15) is 6.10 Å². The summed E-state index contributed by atoms with van der Waals surface area (Å²) < 4.78 is 17.7. The zero-order chi connectivity index (χ0) is 18.3. The van der Waals surface area contributed by atoms with Crippen molar-refractivity contribution in [3.63, 3.8) is 0 Å². The largest absolute Gasteiger partial charge is 0.490 e. The van der Waals surface area contributed by atoms with E-state index in [2.05, 4.69) is 19.6 Å². The van der Waals surface area contributed by atoms with E-state index >= 15 is 0 Å². The Kier molecular flexibility index (Phi) is 7.05. The molecule has 2 aromatic carbocycles. The molecule has 0 saturated carbocycles. The van der Waals surface area contributed by atoms with Gasteiger partial charge in [0.05, 0.1) is 13.2 Å². The lowest BCUT2D eigenvalue weighted by atomic mass is 10.0. The molecule has 0 aromatic heterocycles. The highest BCUT2D eigenvalue weighted by molar-refractivity contribution is 6.69. The maximum atomic E-state index is 10.7. The van der Waals surface area contributed by atoms with Gasteiger partial charge in [0.25, 0.3) is 0 Å². The number of hydrogen-bond acceptors (Lipinski definition) is 4. The van der Waals surface area contributed by atoms with E-state index in [-0.39, 0.29) is 6.61 Å². The first kappa shape index (κ1) is 19.5. The number of aliphatic hydroxyl groups excluding tert-OH is 1. The van der Waals surface area contributed by atoms with Crippen LogP contribution in [0.2, 0.25) is 19.6 Å². The average molecular weight is 361 g/mol. The number of rotatable bonds is 9. The third kappa shape index (κ3) is 6.19. The van der Waals surface area contributed by atoms with E-state index in [9.17, 15) is 5.11 Å². The SMILES string of the molecule is CCOc1ccccc1OC(c1ccccc1)C(O)CO[Si](C)(C)C. The van der Waals surface area contributed by atoms with Crippen molar-refractivity contribution in [2.24, 2.45) is 0 Å². The van der Waals surface area contributed by atoms with Gasteiger partial charge < -0.3 is 19.0 Å². The lowest BCUT2D eigenvalue weighted by Crippen LogP contribution is -2.35. The second-order valence-electron chi connectivity index (χ2n) is 6.82. The van der Waals surface area contributed by atoms with Gasteiger partial charge >= 0.3 is 0 Å². The van der Waals surface area contributed by atoms with E-state index in [0.29, 0.717) is 18.1 Å². The van der Waals surface area contributed by atoms with E-state index < -0.39 is 20.5 Å². The van der Waals surface area contributed by atoms with Gasteiger partial charge in [-0.05, 0) is 44.3 Å². The molecule has 0 spiro atoms. The van der Waals surface area contributed by atoms with Crippen molar-refractivity contribution in [1.82, 2.24) is 0 Å². The van der Waals surface area contributed by atoms with E-state index in [1.54, 1.807) is 0 Å². The molecule has 4 nitrogen and oxygen atoms in total. The summed E-state index contributed by atoms with van der Waals surface area (Å²) in [5.41, 5.74) is 0.903. The molecular weight excluding hydrogens is 332 g/mol. The van der Waals surface area contributed by atoms with Crippen molar-refractivity contribution in [1.29, 1.82) is 0 Å². The monoisotopic (exact) mass is 360 g/mol. The molecule has 0 aliphatic rings. The first-order valence-corrected chi connectivity index (χ1v) is 12.1. The van der Waals surface area contributed by atoms with E-state index in [1.807, 2.05) is 61.5 Å². The van der Waals surface area contributed by atoms with Crippen molar-refractivity contribution in [2.45, 2.75) is 38.8 Å². The highest BCUT2D eigenvalue weighted by atomic mass is 28.4. The molecule has 5 heteroatoms. The van der Waals surface area contributed by atoms with Crippen LogP contribution < -0.4 is 9.47 Å². The minimum atomic E-state index is -1.72. The number of benzene rings is 2. The van der Waals surface area contributed by atoms with Gasteiger partial charge in [0.2, 0.25) is 0 Å². The number of aliphatic hydroxyl groups is 1. The molecule has 2 atom stereocenters. The maximum Gasteiger partial charge on any atom is 0.183 e. The maximum absolute atomic E-state index is 10.7. The molecule has 0 amide bonds. The molecule has 0 bridgehead atoms. The predicted molar refractivity (Wildman–Crippen MR) is 103 cm³/mol.